The van der Waals surface area contributed by atoms with Crippen molar-refractivity contribution in [2.75, 3.05) is 0 Å². The van der Waals surface area contributed by atoms with E-state index >= 15 is 0 Å². The van der Waals surface area contributed by atoms with E-state index in [1.54, 1.807) is 22.9 Å². The van der Waals surface area contributed by atoms with Gasteiger partial charge in [0.15, 0.2) is 0 Å². The van der Waals surface area contributed by atoms with Crippen molar-refractivity contribution in [3.63, 3.8) is 0 Å². The van der Waals surface area contributed by atoms with Crippen LogP contribution in [0.15, 0.2) is 55.4 Å². The van der Waals surface area contributed by atoms with Crippen molar-refractivity contribution in [3.05, 3.63) is 66.6 Å². The van der Waals surface area contributed by atoms with Crippen molar-refractivity contribution >= 4 is 11.7 Å². The monoisotopic (exact) mass is 346 g/mol. The molecule has 0 unspecified atom stereocenters. The van der Waals surface area contributed by atoms with Crippen molar-refractivity contribution in [1.82, 2.24) is 19.7 Å². The zero-order valence-electron chi connectivity index (χ0n) is 12.9. The Hall–Kier alpha value is -3.16. The summed E-state index contributed by atoms with van der Waals surface area (Å²) in [5, 5.41) is 2.61. The van der Waals surface area contributed by atoms with Crippen molar-refractivity contribution in [1.29, 1.82) is 0 Å². The van der Waals surface area contributed by atoms with Crippen LogP contribution in [0.2, 0.25) is 0 Å². The quantitative estimate of drug-likeness (QED) is 0.738. The highest BCUT2D eigenvalue weighted by molar-refractivity contribution is 5.86. The van der Waals surface area contributed by atoms with Gasteiger partial charge < -0.3 is 5.32 Å². The number of carbonyl (C=O) groups is 1. The Morgan fingerprint density at radius 1 is 1.28 bits per heavy atom. The van der Waals surface area contributed by atoms with E-state index < -0.39 is 11.7 Å². The van der Waals surface area contributed by atoms with E-state index in [-0.39, 0.29) is 12.5 Å². The number of hydrogen-bond donors (Lipinski definition) is 1. The Morgan fingerprint density at radius 3 is 2.64 bits per heavy atom. The second-order valence-corrected chi connectivity index (χ2v) is 5.19. The van der Waals surface area contributed by atoms with Gasteiger partial charge in [0.25, 0.3) is 0 Å². The number of benzene rings is 1. The molecule has 0 spiro atoms. The number of nitrogens with zero attached hydrogens (tertiary/aromatic N) is 3. The summed E-state index contributed by atoms with van der Waals surface area (Å²) >= 11 is 0. The second-order valence-electron chi connectivity index (χ2n) is 5.19. The first kappa shape index (κ1) is 16.7. The molecule has 0 fully saturated rings. The first-order chi connectivity index (χ1) is 11.9. The van der Waals surface area contributed by atoms with E-state index in [0.29, 0.717) is 22.7 Å². The Morgan fingerprint density at radius 2 is 2.00 bits per heavy atom. The first-order valence-corrected chi connectivity index (χ1v) is 7.30. The lowest BCUT2D eigenvalue weighted by Crippen LogP contribution is -2.20. The Bertz CT molecular complexity index is 929. The molecule has 5 nitrogen and oxygen atoms in total. The van der Waals surface area contributed by atoms with Gasteiger partial charge in [-0.2, -0.15) is 13.2 Å². The minimum atomic E-state index is -4.40. The average Bonchev–Trinajstić information content (AvgIpc) is 2.97. The van der Waals surface area contributed by atoms with Crippen LogP contribution in [0, 0.1) is 0 Å². The molecule has 25 heavy (non-hydrogen) atoms. The van der Waals surface area contributed by atoms with E-state index in [1.165, 1.54) is 12.1 Å². The zero-order valence-corrected chi connectivity index (χ0v) is 12.9. The van der Waals surface area contributed by atoms with E-state index in [2.05, 4.69) is 21.9 Å². The number of aromatic nitrogens is 3. The molecule has 0 saturated carbocycles. The number of nitrogens with one attached hydrogen (secondary N) is 1. The molecule has 1 aromatic carbocycles. The molecular formula is C17H13F3N4O. The topological polar surface area (TPSA) is 59.3 Å². The van der Waals surface area contributed by atoms with Crippen molar-refractivity contribution in [2.45, 2.75) is 12.7 Å². The molecule has 0 bridgehead atoms. The van der Waals surface area contributed by atoms with E-state index in [9.17, 15) is 18.0 Å². The van der Waals surface area contributed by atoms with Gasteiger partial charge in [0.2, 0.25) is 11.7 Å². The lowest BCUT2D eigenvalue weighted by Gasteiger charge is -2.09. The van der Waals surface area contributed by atoms with Crippen LogP contribution in [0.5, 0.6) is 0 Å². The molecule has 1 N–H and O–H groups in total. The number of halogens is 3. The molecule has 2 heterocycles. The van der Waals surface area contributed by atoms with Gasteiger partial charge >= 0.3 is 6.18 Å². The summed E-state index contributed by atoms with van der Waals surface area (Å²) in [7, 11) is 0. The summed E-state index contributed by atoms with van der Waals surface area (Å²) < 4.78 is 39.9. The van der Waals surface area contributed by atoms with Crippen molar-refractivity contribution < 1.29 is 18.0 Å². The number of imidazole rings is 1. The predicted molar refractivity (Wildman–Crippen MR) is 85.5 cm³/mol. The summed E-state index contributed by atoms with van der Waals surface area (Å²) in [6.07, 6.45) is -0.00168. The highest BCUT2D eigenvalue weighted by atomic mass is 19.4. The number of hydrogen-bond acceptors (Lipinski definition) is 3. The van der Waals surface area contributed by atoms with Gasteiger partial charge in [-0.25, -0.2) is 9.97 Å². The fourth-order valence-corrected chi connectivity index (χ4v) is 2.42. The third kappa shape index (κ3) is 3.37. The summed E-state index contributed by atoms with van der Waals surface area (Å²) in [6.45, 7) is 3.47. The number of fused-ring (bicyclic) bond motifs is 1. The highest BCUT2D eigenvalue weighted by Gasteiger charge is 2.30. The summed E-state index contributed by atoms with van der Waals surface area (Å²) in [6, 6.07) is 6.46. The average molecular weight is 346 g/mol. The largest absolute Gasteiger partial charge is 0.416 e. The predicted octanol–water partition coefficient (Wildman–Crippen LogP) is 3.22. The molecule has 3 aromatic rings. The van der Waals surface area contributed by atoms with Gasteiger partial charge in [-0.05, 0) is 24.3 Å². The third-order valence-electron chi connectivity index (χ3n) is 3.58. The molecule has 0 atom stereocenters. The molecule has 128 valence electrons. The molecule has 2 aromatic heterocycles. The Balaban J connectivity index is 2.07. The molecule has 8 heteroatoms. The lowest BCUT2D eigenvalue weighted by atomic mass is 10.1. The van der Waals surface area contributed by atoms with Crippen LogP contribution in [-0.2, 0) is 17.5 Å². The Kier molecular flexibility index (Phi) is 4.26. The molecule has 0 saturated heterocycles. The standard InChI is InChI=1S/C17H13F3N4O/c1-2-14(25)22-10-13-15(24-9-3-8-21-16(24)23-13)11-4-6-12(7-5-11)17(18,19)20/h2-9H,1,10H2,(H,22,25). The maximum Gasteiger partial charge on any atom is 0.416 e. The normalized spacial score (nSPS) is 11.5. The molecule has 3 rings (SSSR count). The van der Waals surface area contributed by atoms with E-state index in [0.717, 1.165) is 18.2 Å². The second kappa shape index (κ2) is 6.39. The number of carbonyl (C=O) groups excluding carboxylic acids is 1. The van der Waals surface area contributed by atoms with E-state index in [1.807, 2.05) is 0 Å². The van der Waals surface area contributed by atoms with Crippen molar-refractivity contribution in [3.8, 4) is 11.3 Å². The SMILES string of the molecule is C=CC(=O)NCc1nc2ncccn2c1-c1ccc(C(F)(F)F)cc1. The molecule has 0 aliphatic carbocycles. The van der Waals surface area contributed by atoms with Crippen LogP contribution in [0.3, 0.4) is 0 Å². The highest BCUT2D eigenvalue weighted by Crippen LogP contribution is 2.32. The van der Waals surface area contributed by atoms with E-state index in [4.69, 9.17) is 0 Å². The fourth-order valence-electron chi connectivity index (χ4n) is 2.42. The number of rotatable bonds is 4. The minimum absolute atomic E-state index is 0.102. The molecular weight excluding hydrogens is 333 g/mol. The molecule has 0 radical (unpaired) electrons. The van der Waals surface area contributed by atoms with Gasteiger partial charge in [0.05, 0.1) is 23.5 Å². The first-order valence-electron chi connectivity index (χ1n) is 7.30. The molecule has 0 aliphatic heterocycles. The maximum absolute atomic E-state index is 12.8. The summed E-state index contributed by atoms with van der Waals surface area (Å²) in [5.41, 5.74) is 0.871. The van der Waals surface area contributed by atoms with Crippen LogP contribution in [0.25, 0.3) is 17.0 Å². The number of amides is 1. The summed E-state index contributed by atoms with van der Waals surface area (Å²) in [4.78, 5) is 19.9. The third-order valence-corrected chi connectivity index (χ3v) is 3.58. The van der Waals surface area contributed by atoms with Crippen LogP contribution in [-0.4, -0.2) is 20.3 Å². The van der Waals surface area contributed by atoms with Crippen LogP contribution >= 0.6 is 0 Å². The Labute approximate surface area is 140 Å². The van der Waals surface area contributed by atoms with Crippen LogP contribution in [0.1, 0.15) is 11.3 Å². The smallest absolute Gasteiger partial charge is 0.347 e. The van der Waals surface area contributed by atoms with Crippen LogP contribution < -0.4 is 5.32 Å². The van der Waals surface area contributed by atoms with Gasteiger partial charge in [0, 0.05) is 18.0 Å². The maximum atomic E-state index is 12.8. The van der Waals surface area contributed by atoms with Gasteiger partial charge in [-0.3, -0.25) is 9.20 Å². The van der Waals surface area contributed by atoms with Crippen LogP contribution in [0.4, 0.5) is 13.2 Å². The number of alkyl halides is 3. The summed E-state index contributed by atoms with van der Waals surface area (Å²) in [5.74, 6) is 0.0173. The fraction of sp³-hybridized carbons (Fsp3) is 0.118. The zero-order chi connectivity index (χ0) is 18.0. The van der Waals surface area contributed by atoms with Gasteiger partial charge in [0.1, 0.15) is 0 Å². The minimum Gasteiger partial charge on any atom is -0.347 e. The van der Waals surface area contributed by atoms with Gasteiger partial charge in [-0.15, -0.1) is 0 Å². The molecule has 1 amide bonds. The molecule has 0 aliphatic rings. The van der Waals surface area contributed by atoms with Gasteiger partial charge in [-0.1, -0.05) is 18.7 Å². The lowest BCUT2D eigenvalue weighted by molar-refractivity contribution is -0.137. The van der Waals surface area contributed by atoms with Crippen molar-refractivity contribution in [2.24, 2.45) is 0 Å².